The van der Waals surface area contributed by atoms with Crippen LogP contribution in [0.5, 0.6) is 11.5 Å². The summed E-state index contributed by atoms with van der Waals surface area (Å²) in [7, 11) is -5.16. The van der Waals surface area contributed by atoms with E-state index in [0.717, 1.165) is 30.3 Å². The zero-order valence-corrected chi connectivity index (χ0v) is 16.3. The van der Waals surface area contributed by atoms with E-state index < -0.39 is 43.4 Å². The third kappa shape index (κ3) is 2.73. The molecule has 1 heterocycles. The van der Waals surface area contributed by atoms with Gasteiger partial charge in [-0.05, 0) is 40.2 Å². The maximum Gasteiger partial charge on any atom is 0.382 e. The van der Waals surface area contributed by atoms with Crippen LogP contribution in [-0.2, 0) is 15.4 Å². The highest BCUT2D eigenvalue weighted by Gasteiger charge is 2.70. The Bertz CT molecular complexity index is 1140. The van der Waals surface area contributed by atoms with Crippen molar-refractivity contribution in [1.82, 2.24) is 0 Å². The third-order valence-electron chi connectivity index (χ3n) is 4.26. The van der Waals surface area contributed by atoms with Crippen molar-refractivity contribution in [3.8, 4) is 17.6 Å². The highest BCUT2D eigenvalue weighted by molar-refractivity contribution is 9.10. The van der Waals surface area contributed by atoms with E-state index in [1.165, 1.54) is 6.07 Å². The van der Waals surface area contributed by atoms with Crippen molar-refractivity contribution in [2.24, 2.45) is 0 Å². The number of fused-ring (bicyclic) bond motifs is 1. The van der Waals surface area contributed by atoms with Crippen LogP contribution in [-0.4, -0.2) is 18.8 Å². The molecule has 1 aliphatic heterocycles. The Morgan fingerprint density at radius 1 is 1.32 bits per heavy atom. The van der Waals surface area contributed by atoms with Crippen molar-refractivity contribution in [3.63, 3.8) is 0 Å². The minimum atomic E-state index is -5.16. The highest BCUT2D eigenvalue weighted by Crippen LogP contribution is 2.58. The molecule has 0 radical (unpaired) electrons. The minimum Gasteiger partial charge on any atom is -0.456 e. The normalized spacial score (nSPS) is 21.6. The number of hydrogen-bond acceptors (Lipinski definition) is 5. The summed E-state index contributed by atoms with van der Waals surface area (Å²) in [6, 6.07) is 6.86. The van der Waals surface area contributed by atoms with Gasteiger partial charge in [0.15, 0.2) is 5.60 Å². The van der Waals surface area contributed by atoms with Gasteiger partial charge in [0.1, 0.15) is 17.3 Å². The molecule has 1 atom stereocenters. The van der Waals surface area contributed by atoms with Gasteiger partial charge in [-0.2, -0.15) is 14.0 Å². The lowest BCUT2D eigenvalue weighted by Gasteiger charge is -2.28. The number of benzene rings is 2. The van der Waals surface area contributed by atoms with Crippen molar-refractivity contribution in [1.29, 1.82) is 5.26 Å². The van der Waals surface area contributed by atoms with Crippen LogP contribution in [0.1, 0.15) is 17.5 Å². The largest absolute Gasteiger partial charge is 0.456 e. The second-order valence-corrected chi connectivity index (χ2v) is 8.77. The van der Waals surface area contributed by atoms with Gasteiger partial charge in [0.25, 0.3) is 0 Å². The molecule has 1 aliphatic rings. The van der Waals surface area contributed by atoms with Gasteiger partial charge in [-0.25, -0.2) is 12.8 Å². The van der Waals surface area contributed by atoms with E-state index in [0.29, 0.717) is 0 Å². The first-order chi connectivity index (χ1) is 13.0. The van der Waals surface area contributed by atoms with Crippen LogP contribution >= 0.6 is 15.9 Å². The van der Waals surface area contributed by atoms with Gasteiger partial charge >= 0.3 is 5.25 Å². The first kappa shape index (κ1) is 20.4. The molecule has 3 rings (SSSR count). The van der Waals surface area contributed by atoms with Crippen molar-refractivity contribution < 1.29 is 31.4 Å². The Morgan fingerprint density at radius 2 is 2.00 bits per heavy atom. The lowest BCUT2D eigenvalue weighted by atomic mass is 9.90. The summed E-state index contributed by atoms with van der Waals surface area (Å²) in [5.74, 6) is -1.02. The Morgan fingerprint density at radius 3 is 2.61 bits per heavy atom. The highest BCUT2D eigenvalue weighted by atomic mass is 79.9. The molecule has 0 amide bonds. The Labute approximate surface area is 166 Å². The van der Waals surface area contributed by atoms with Gasteiger partial charge in [-0.3, -0.25) is 0 Å². The van der Waals surface area contributed by atoms with Crippen molar-refractivity contribution in [2.75, 3.05) is 0 Å². The average molecular weight is 474 g/mol. The van der Waals surface area contributed by atoms with E-state index >= 15 is 0 Å². The molecule has 28 heavy (non-hydrogen) atoms. The van der Waals surface area contributed by atoms with Gasteiger partial charge in [0.05, 0.1) is 21.0 Å². The molecule has 1 unspecified atom stereocenters. The number of nitrogens with zero attached hydrogens (tertiary/aromatic N) is 1. The van der Waals surface area contributed by atoms with Crippen LogP contribution < -0.4 is 4.74 Å². The zero-order chi connectivity index (χ0) is 20.9. The molecular formula is C18H11BrF3NO4S. The van der Waals surface area contributed by atoms with E-state index in [2.05, 4.69) is 22.5 Å². The smallest absolute Gasteiger partial charge is 0.382 e. The van der Waals surface area contributed by atoms with Crippen LogP contribution in [0.3, 0.4) is 0 Å². The first-order valence-corrected chi connectivity index (χ1v) is 9.94. The molecule has 0 spiro atoms. The lowest BCUT2D eigenvalue weighted by Crippen LogP contribution is -2.44. The van der Waals surface area contributed by atoms with E-state index in [9.17, 15) is 26.7 Å². The molecule has 0 aromatic heterocycles. The van der Waals surface area contributed by atoms with E-state index in [1.54, 1.807) is 6.07 Å². The molecular weight excluding hydrogens is 463 g/mol. The van der Waals surface area contributed by atoms with Crippen LogP contribution in [0, 0.1) is 17.1 Å². The number of rotatable bonds is 4. The minimum absolute atomic E-state index is 0.0374. The standard InChI is InChI=1S/C18H11BrF3NO4S/c1-2-5-17(24)15-14(28(25,26)18(17,21)22)4-3-13(16(15)19)27-12-7-10(9-23)6-11(20)8-12/h2-4,6-8,24H,1,5H2. The van der Waals surface area contributed by atoms with Crippen molar-refractivity contribution >= 4 is 25.8 Å². The summed E-state index contributed by atoms with van der Waals surface area (Å²) < 4.78 is 72.5. The Hall–Kier alpha value is -2.35. The van der Waals surface area contributed by atoms with Crippen LogP contribution in [0.4, 0.5) is 13.2 Å². The van der Waals surface area contributed by atoms with Gasteiger partial charge in [0, 0.05) is 18.1 Å². The number of nitriles is 1. The molecule has 0 saturated carbocycles. The van der Waals surface area contributed by atoms with Crippen LogP contribution in [0.2, 0.25) is 0 Å². The molecule has 0 aliphatic carbocycles. The molecule has 2 aromatic carbocycles. The van der Waals surface area contributed by atoms with Gasteiger partial charge in [0.2, 0.25) is 9.84 Å². The van der Waals surface area contributed by atoms with Gasteiger partial charge < -0.3 is 9.84 Å². The molecule has 0 saturated heterocycles. The quantitative estimate of drug-likeness (QED) is 0.665. The van der Waals surface area contributed by atoms with Gasteiger partial charge in [-0.15, -0.1) is 6.58 Å². The molecule has 146 valence electrons. The maximum absolute atomic E-state index is 14.6. The SMILES string of the molecule is C=CCC1(O)c2c(ccc(Oc3cc(F)cc(C#N)c3)c2Br)S(=O)(=O)C1(F)F. The second kappa shape index (κ2) is 6.62. The molecule has 5 nitrogen and oxygen atoms in total. The van der Waals surface area contributed by atoms with Crippen LogP contribution in [0.15, 0.2) is 52.4 Å². The van der Waals surface area contributed by atoms with Crippen molar-refractivity contribution in [2.45, 2.75) is 22.2 Å². The van der Waals surface area contributed by atoms with Crippen molar-refractivity contribution in [3.05, 3.63) is 64.4 Å². The first-order valence-electron chi connectivity index (χ1n) is 7.67. The third-order valence-corrected chi connectivity index (χ3v) is 6.98. The predicted octanol–water partition coefficient (Wildman–Crippen LogP) is 4.40. The topological polar surface area (TPSA) is 87.4 Å². The number of halogens is 4. The number of hydrogen-bond donors (Lipinski definition) is 1. The Kier molecular flexibility index (Phi) is 4.82. The zero-order valence-electron chi connectivity index (χ0n) is 13.9. The maximum atomic E-state index is 14.6. The summed E-state index contributed by atoms with van der Waals surface area (Å²) in [5, 5.41) is 15.0. The summed E-state index contributed by atoms with van der Waals surface area (Å²) >= 11 is 3.02. The van der Waals surface area contributed by atoms with Gasteiger partial charge in [-0.1, -0.05) is 6.08 Å². The summed E-state index contributed by atoms with van der Waals surface area (Å²) in [5.41, 5.74) is -3.68. The van der Waals surface area contributed by atoms with E-state index in [-0.39, 0.29) is 21.5 Å². The molecule has 1 N–H and O–H groups in total. The fourth-order valence-corrected chi connectivity index (χ4v) is 5.56. The summed E-state index contributed by atoms with van der Waals surface area (Å²) in [6.07, 6.45) is 0.233. The molecule has 0 fully saturated rings. The monoisotopic (exact) mass is 473 g/mol. The lowest BCUT2D eigenvalue weighted by molar-refractivity contribution is -0.125. The number of aliphatic hydroxyl groups is 1. The summed E-state index contributed by atoms with van der Waals surface area (Å²) in [4.78, 5) is -0.752. The fraction of sp³-hybridized carbons (Fsp3) is 0.167. The molecule has 0 bridgehead atoms. The molecule has 2 aromatic rings. The van der Waals surface area contributed by atoms with Crippen LogP contribution in [0.25, 0.3) is 0 Å². The number of alkyl halides is 2. The van der Waals surface area contributed by atoms with E-state index in [4.69, 9.17) is 10.00 Å². The fourth-order valence-electron chi connectivity index (χ4n) is 2.98. The number of sulfone groups is 1. The summed E-state index contributed by atoms with van der Waals surface area (Å²) in [6.45, 7) is 3.30. The second-order valence-electron chi connectivity index (χ2n) is 6.01. The van der Waals surface area contributed by atoms with E-state index in [1.807, 2.05) is 0 Å². The number of ether oxygens (including phenoxy) is 1. The molecule has 10 heteroatoms. The predicted molar refractivity (Wildman–Crippen MR) is 96.2 cm³/mol. The average Bonchev–Trinajstić information content (AvgIpc) is 2.73. The Balaban J connectivity index is 2.20.